The van der Waals surface area contributed by atoms with Crippen molar-refractivity contribution < 1.29 is 8.42 Å². The van der Waals surface area contributed by atoms with Gasteiger partial charge in [0.2, 0.25) is 10.0 Å². The van der Waals surface area contributed by atoms with E-state index in [-0.39, 0.29) is 5.75 Å². The Morgan fingerprint density at radius 2 is 1.76 bits per heavy atom. The second kappa shape index (κ2) is 5.41. The molecule has 0 radical (unpaired) electrons. The van der Waals surface area contributed by atoms with Gasteiger partial charge in [-0.2, -0.15) is 0 Å². The first-order chi connectivity index (χ1) is 10.1. The van der Waals surface area contributed by atoms with Crippen LogP contribution in [0.5, 0.6) is 0 Å². The lowest BCUT2D eigenvalue weighted by molar-refractivity contribution is 0.586. The smallest absolute Gasteiger partial charge is 0.239 e. The van der Waals surface area contributed by atoms with Crippen LogP contribution in [0.4, 0.5) is 11.4 Å². The fourth-order valence-corrected chi connectivity index (χ4v) is 4.35. The van der Waals surface area contributed by atoms with Gasteiger partial charge in [0.15, 0.2) is 0 Å². The summed E-state index contributed by atoms with van der Waals surface area (Å²) in [5.74, 6) is 0.00160. The average Bonchev–Trinajstić information content (AvgIpc) is 2.49. The van der Waals surface area contributed by atoms with Crippen LogP contribution in [-0.4, -0.2) is 15.0 Å². The first-order valence-corrected chi connectivity index (χ1v) is 8.60. The molecule has 4 nitrogen and oxygen atoms in total. The van der Waals surface area contributed by atoms with Crippen LogP contribution in [-0.2, 0) is 22.2 Å². The van der Waals surface area contributed by atoms with Crippen molar-refractivity contribution in [3.8, 4) is 0 Å². The summed E-state index contributed by atoms with van der Waals surface area (Å²) in [7, 11) is -3.37. The van der Waals surface area contributed by atoms with Gasteiger partial charge in [0, 0.05) is 12.2 Å². The molecular weight excluding hydrogens is 284 g/mol. The number of fused-ring (bicyclic) bond motifs is 1. The van der Waals surface area contributed by atoms with Crippen molar-refractivity contribution in [2.75, 3.05) is 16.6 Å². The van der Waals surface area contributed by atoms with Gasteiger partial charge in [0.25, 0.3) is 0 Å². The Morgan fingerprint density at radius 3 is 2.52 bits per heavy atom. The normalized spacial score (nSPS) is 14.8. The average molecular weight is 302 g/mol. The molecule has 21 heavy (non-hydrogen) atoms. The predicted molar refractivity (Wildman–Crippen MR) is 85.6 cm³/mol. The van der Waals surface area contributed by atoms with Crippen LogP contribution in [0.3, 0.4) is 0 Å². The highest BCUT2D eigenvalue weighted by Crippen LogP contribution is 2.30. The number of hydrogen-bond acceptors (Lipinski definition) is 3. The summed E-state index contributed by atoms with van der Waals surface area (Å²) in [6.07, 6.45) is 1.79. The molecule has 0 atom stereocenters. The van der Waals surface area contributed by atoms with Gasteiger partial charge < -0.3 is 5.73 Å². The maximum atomic E-state index is 12.7. The maximum absolute atomic E-state index is 12.7. The van der Waals surface area contributed by atoms with Crippen LogP contribution in [0, 0.1) is 0 Å². The van der Waals surface area contributed by atoms with Crippen molar-refractivity contribution in [3.05, 3.63) is 59.7 Å². The number of nitrogen functional groups attached to an aromatic ring is 1. The van der Waals surface area contributed by atoms with Crippen molar-refractivity contribution >= 4 is 21.4 Å². The topological polar surface area (TPSA) is 63.4 Å². The van der Waals surface area contributed by atoms with Gasteiger partial charge in [0.05, 0.1) is 11.4 Å². The molecule has 110 valence electrons. The van der Waals surface area contributed by atoms with Gasteiger partial charge in [-0.05, 0) is 42.2 Å². The number of aryl methyl sites for hydroxylation is 1. The number of sulfonamides is 1. The highest BCUT2D eigenvalue weighted by molar-refractivity contribution is 7.92. The fourth-order valence-electron chi connectivity index (χ4n) is 2.69. The van der Waals surface area contributed by atoms with Gasteiger partial charge in [-0.25, -0.2) is 8.42 Å². The second-order valence-electron chi connectivity index (χ2n) is 5.30. The summed E-state index contributed by atoms with van der Waals surface area (Å²) in [5.41, 5.74) is 8.95. The van der Waals surface area contributed by atoms with E-state index in [1.54, 1.807) is 28.6 Å². The van der Waals surface area contributed by atoms with Crippen LogP contribution >= 0.6 is 0 Å². The molecule has 1 heterocycles. The Labute approximate surface area is 125 Å². The van der Waals surface area contributed by atoms with Crippen molar-refractivity contribution in [2.45, 2.75) is 18.6 Å². The predicted octanol–water partition coefficient (Wildman–Crippen LogP) is 2.55. The molecular formula is C16H18N2O2S. The van der Waals surface area contributed by atoms with Gasteiger partial charge >= 0.3 is 0 Å². The van der Waals surface area contributed by atoms with Gasteiger partial charge in [-0.3, -0.25) is 4.31 Å². The minimum atomic E-state index is -3.37. The van der Waals surface area contributed by atoms with Crippen LogP contribution < -0.4 is 10.0 Å². The van der Waals surface area contributed by atoms with Crippen LogP contribution in [0.15, 0.2) is 48.5 Å². The molecule has 0 unspecified atom stereocenters. The van der Waals surface area contributed by atoms with Crippen LogP contribution in [0.1, 0.15) is 17.5 Å². The first kappa shape index (κ1) is 13.9. The number of nitrogens with zero attached hydrogens (tertiary/aromatic N) is 1. The van der Waals surface area contributed by atoms with Gasteiger partial charge in [-0.1, -0.05) is 30.3 Å². The standard InChI is InChI=1S/C16H18N2O2S/c17-15-9-7-13(8-10-15)12-21(19,20)18-11-3-5-14-4-1-2-6-16(14)18/h1-2,4,6-10H,3,5,11-12,17H2. The molecule has 0 aromatic heterocycles. The largest absolute Gasteiger partial charge is 0.399 e. The molecule has 0 saturated heterocycles. The lowest BCUT2D eigenvalue weighted by Gasteiger charge is -2.30. The van der Waals surface area contributed by atoms with Crippen molar-refractivity contribution in [2.24, 2.45) is 0 Å². The Balaban J connectivity index is 1.91. The highest BCUT2D eigenvalue weighted by Gasteiger charge is 2.27. The zero-order chi connectivity index (χ0) is 14.9. The molecule has 2 aromatic rings. The SMILES string of the molecule is Nc1ccc(CS(=O)(=O)N2CCCc3ccccc32)cc1. The molecule has 0 aliphatic carbocycles. The van der Waals surface area contributed by atoms with Gasteiger partial charge in [-0.15, -0.1) is 0 Å². The van der Waals surface area contributed by atoms with E-state index in [4.69, 9.17) is 5.73 Å². The van der Waals surface area contributed by atoms with E-state index in [0.29, 0.717) is 12.2 Å². The molecule has 0 bridgehead atoms. The molecule has 0 amide bonds. The molecule has 0 fully saturated rings. The second-order valence-corrected chi connectivity index (χ2v) is 7.20. The number of anilines is 2. The van der Waals surface area contributed by atoms with E-state index < -0.39 is 10.0 Å². The molecule has 0 saturated carbocycles. The fraction of sp³-hybridized carbons (Fsp3) is 0.250. The minimum absolute atomic E-state index is 0.00160. The summed E-state index contributed by atoms with van der Waals surface area (Å²) >= 11 is 0. The van der Waals surface area contributed by atoms with E-state index >= 15 is 0 Å². The molecule has 1 aliphatic rings. The molecule has 2 N–H and O–H groups in total. The summed E-state index contributed by atoms with van der Waals surface area (Å²) in [4.78, 5) is 0. The highest BCUT2D eigenvalue weighted by atomic mass is 32.2. The number of para-hydroxylation sites is 1. The van der Waals surface area contributed by atoms with Crippen LogP contribution in [0.25, 0.3) is 0 Å². The molecule has 3 rings (SSSR count). The lowest BCUT2D eigenvalue weighted by Crippen LogP contribution is -2.36. The molecule has 0 spiro atoms. The molecule has 2 aromatic carbocycles. The minimum Gasteiger partial charge on any atom is -0.399 e. The Bertz CT molecular complexity index is 739. The maximum Gasteiger partial charge on any atom is 0.239 e. The Morgan fingerprint density at radius 1 is 1.05 bits per heavy atom. The van der Waals surface area contributed by atoms with E-state index in [9.17, 15) is 8.42 Å². The molecule has 5 heteroatoms. The third-order valence-corrected chi connectivity index (χ3v) is 5.48. The third-order valence-electron chi connectivity index (χ3n) is 3.73. The van der Waals surface area contributed by atoms with E-state index in [1.807, 2.05) is 24.3 Å². The third kappa shape index (κ3) is 2.88. The lowest BCUT2D eigenvalue weighted by atomic mass is 10.0. The van der Waals surface area contributed by atoms with E-state index in [2.05, 4.69) is 0 Å². The monoisotopic (exact) mass is 302 g/mol. The first-order valence-electron chi connectivity index (χ1n) is 6.99. The molecule has 1 aliphatic heterocycles. The van der Waals surface area contributed by atoms with Crippen LogP contribution in [0.2, 0.25) is 0 Å². The summed E-state index contributed by atoms with van der Waals surface area (Å²) < 4.78 is 26.9. The zero-order valence-electron chi connectivity index (χ0n) is 11.7. The summed E-state index contributed by atoms with van der Waals surface area (Å²) in [6.45, 7) is 0.550. The Hall–Kier alpha value is -2.01. The number of nitrogens with two attached hydrogens (primary N) is 1. The van der Waals surface area contributed by atoms with Gasteiger partial charge in [0.1, 0.15) is 0 Å². The van der Waals surface area contributed by atoms with Crippen molar-refractivity contribution in [1.29, 1.82) is 0 Å². The quantitative estimate of drug-likeness (QED) is 0.886. The Kier molecular flexibility index (Phi) is 3.59. The summed E-state index contributed by atoms with van der Waals surface area (Å²) in [5, 5.41) is 0. The van der Waals surface area contributed by atoms with E-state index in [1.165, 1.54) is 0 Å². The summed E-state index contributed by atoms with van der Waals surface area (Å²) in [6, 6.07) is 14.7. The van der Waals surface area contributed by atoms with Crippen molar-refractivity contribution in [1.82, 2.24) is 0 Å². The number of rotatable bonds is 3. The number of benzene rings is 2. The van der Waals surface area contributed by atoms with E-state index in [0.717, 1.165) is 29.7 Å². The zero-order valence-corrected chi connectivity index (χ0v) is 12.5. The van der Waals surface area contributed by atoms with Crippen molar-refractivity contribution in [3.63, 3.8) is 0 Å². The number of hydrogen-bond donors (Lipinski definition) is 1.